The summed E-state index contributed by atoms with van der Waals surface area (Å²) in [5.74, 6) is -0.0491. The third kappa shape index (κ3) is 4.09. The van der Waals surface area contributed by atoms with Crippen LogP contribution in [0.15, 0.2) is 29.2 Å². The number of fused-ring (bicyclic) bond motifs is 2. The number of hydrogen-bond donors (Lipinski definition) is 0. The first-order valence-corrected chi connectivity index (χ1v) is 11.8. The summed E-state index contributed by atoms with van der Waals surface area (Å²) in [6.07, 6.45) is 4.34. The molecule has 2 bridgehead atoms. The normalized spacial score (nSPS) is 26.9. The molecule has 0 aromatic heterocycles. The van der Waals surface area contributed by atoms with Crippen LogP contribution in [0.1, 0.15) is 39.5 Å². The molecule has 30 heavy (non-hydrogen) atoms. The second kappa shape index (κ2) is 7.69. The molecule has 0 amide bonds. The Bertz CT molecular complexity index is 853. The van der Waals surface area contributed by atoms with Gasteiger partial charge in [0.15, 0.2) is 0 Å². The molecular formula is C21H30F2N2O4S. The SMILES string of the molecule is COC(C)(C)CN1[C@@H]2CC[C@H]1CC1(C2)CN(S(=O)(=O)c2ccc(OC(F)F)cc2)C1. The van der Waals surface area contributed by atoms with Gasteiger partial charge in [0.1, 0.15) is 5.75 Å². The molecule has 1 aromatic carbocycles. The van der Waals surface area contributed by atoms with Crippen molar-refractivity contribution in [1.29, 1.82) is 0 Å². The number of benzene rings is 1. The summed E-state index contributed by atoms with van der Waals surface area (Å²) in [4.78, 5) is 2.68. The molecule has 3 heterocycles. The van der Waals surface area contributed by atoms with E-state index in [2.05, 4.69) is 23.5 Å². The number of methoxy groups -OCH3 is 1. The van der Waals surface area contributed by atoms with Crippen molar-refractivity contribution in [3.8, 4) is 5.75 Å². The summed E-state index contributed by atoms with van der Waals surface area (Å²) >= 11 is 0. The first kappa shape index (κ1) is 21.9. The maximum atomic E-state index is 13.0. The third-order valence-corrected chi connectivity index (χ3v) is 8.74. The Kier molecular flexibility index (Phi) is 5.62. The van der Waals surface area contributed by atoms with Gasteiger partial charge in [-0.15, -0.1) is 0 Å². The lowest BCUT2D eigenvalue weighted by Crippen LogP contribution is -2.64. The van der Waals surface area contributed by atoms with Crippen LogP contribution in [0, 0.1) is 5.41 Å². The molecule has 0 unspecified atom stereocenters. The van der Waals surface area contributed by atoms with Gasteiger partial charge in [0, 0.05) is 44.2 Å². The van der Waals surface area contributed by atoms with E-state index in [1.54, 1.807) is 7.11 Å². The largest absolute Gasteiger partial charge is 0.435 e. The highest BCUT2D eigenvalue weighted by Crippen LogP contribution is 2.51. The molecule has 2 atom stereocenters. The zero-order chi connectivity index (χ0) is 21.7. The topological polar surface area (TPSA) is 59.1 Å². The van der Waals surface area contributed by atoms with Crippen molar-refractivity contribution in [3.05, 3.63) is 24.3 Å². The minimum absolute atomic E-state index is 0.0470. The molecular weight excluding hydrogens is 414 g/mol. The van der Waals surface area contributed by atoms with Gasteiger partial charge in [-0.1, -0.05) is 0 Å². The molecule has 0 radical (unpaired) electrons. The molecule has 168 valence electrons. The van der Waals surface area contributed by atoms with E-state index in [0.29, 0.717) is 25.2 Å². The molecule has 3 saturated heterocycles. The highest BCUT2D eigenvalue weighted by molar-refractivity contribution is 7.89. The minimum atomic E-state index is -3.63. The van der Waals surface area contributed by atoms with Crippen LogP contribution in [0.3, 0.4) is 0 Å². The number of nitrogens with zero attached hydrogens (tertiary/aromatic N) is 2. The maximum Gasteiger partial charge on any atom is 0.387 e. The van der Waals surface area contributed by atoms with Crippen molar-refractivity contribution in [3.63, 3.8) is 0 Å². The lowest BCUT2D eigenvalue weighted by Gasteiger charge is -2.56. The van der Waals surface area contributed by atoms with E-state index in [1.165, 1.54) is 28.6 Å². The van der Waals surface area contributed by atoms with Crippen molar-refractivity contribution < 1.29 is 26.7 Å². The van der Waals surface area contributed by atoms with Crippen molar-refractivity contribution >= 4 is 10.0 Å². The number of alkyl halides is 2. The Hall–Kier alpha value is -1.29. The Morgan fingerprint density at radius 2 is 1.70 bits per heavy atom. The molecule has 4 rings (SSSR count). The molecule has 9 heteroatoms. The van der Waals surface area contributed by atoms with Crippen LogP contribution in [0.4, 0.5) is 8.78 Å². The molecule has 0 saturated carbocycles. The number of rotatable bonds is 7. The molecule has 6 nitrogen and oxygen atoms in total. The van der Waals surface area contributed by atoms with Crippen LogP contribution in [-0.2, 0) is 14.8 Å². The number of sulfonamides is 1. The fraction of sp³-hybridized carbons (Fsp3) is 0.714. The van der Waals surface area contributed by atoms with Gasteiger partial charge in [-0.2, -0.15) is 13.1 Å². The molecule has 3 aliphatic heterocycles. The van der Waals surface area contributed by atoms with Crippen LogP contribution in [-0.4, -0.2) is 68.7 Å². The highest BCUT2D eigenvalue weighted by atomic mass is 32.2. The summed E-state index contributed by atoms with van der Waals surface area (Å²) in [6.45, 7) is 3.22. The van der Waals surface area contributed by atoms with Crippen LogP contribution >= 0.6 is 0 Å². The van der Waals surface area contributed by atoms with E-state index in [0.717, 1.165) is 32.2 Å². The molecule has 3 aliphatic rings. The zero-order valence-corrected chi connectivity index (χ0v) is 18.5. The lowest BCUT2D eigenvalue weighted by atomic mass is 9.70. The number of hydrogen-bond acceptors (Lipinski definition) is 5. The molecule has 0 aliphatic carbocycles. The minimum Gasteiger partial charge on any atom is -0.435 e. The van der Waals surface area contributed by atoms with Gasteiger partial charge in [0.05, 0.1) is 10.5 Å². The van der Waals surface area contributed by atoms with Crippen molar-refractivity contribution in [2.24, 2.45) is 5.41 Å². The molecule has 1 aromatic rings. The summed E-state index contributed by atoms with van der Waals surface area (Å²) in [5, 5.41) is 0. The Morgan fingerprint density at radius 3 is 2.20 bits per heavy atom. The van der Waals surface area contributed by atoms with Gasteiger partial charge < -0.3 is 9.47 Å². The highest BCUT2D eigenvalue weighted by Gasteiger charge is 2.56. The fourth-order valence-corrected chi connectivity index (χ4v) is 7.04. The summed E-state index contributed by atoms with van der Waals surface area (Å²) in [6, 6.07) is 6.16. The average molecular weight is 445 g/mol. The monoisotopic (exact) mass is 444 g/mol. The molecule has 0 N–H and O–H groups in total. The lowest BCUT2D eigenvalue weighted by molar-refractivity contribution is -0.0721. The van der Waals surface area contributed by atoms with Gasteiger partial charge >= 0.3 is 6.61 Å². The van der Waals surface area contributed by atoms with Crippen molar-refractivity contribution in [1.82, 2.24) is 9.21 Å². The quantitative estimate of drug-likeness (QED) is 0.646. The smallest absolute Gasteiger partial charge is 0.387 e. The van der Waals surface area contributed by atoms with E-state index < -0.39 is 16.6 Å². The predicted molar refractivity (Wildman–Crippen MR) is 108 cm³/mol. The van der Waals surface area contributed by atoms with E-state index in [-0.39, 0.29) is 21.7 Å². The average Bonchev–Trinajstić information content (AvgIpc) is 2.88. The first-order chi connectivity index (χ1) is 14.0. The second-order valence-corrected chi connectivity index (χ2v) is 11.5. The van der Waals surface area contributed by atoms with Gasteiger partial charge in [0.2, 0.25) is 10.0 Å². The van der Waals surface area contributed by atoms with E-state index >= 15 is 0 Å². The van der Waals surface area contributed by atoms with Crippen LogP contribution in [0.25, 0.3) is 0 Å². The standard InChI is InChI=1S/C21H30F2N2O4S/c1-20(2,28-3)12-25-15-4-5-16(25)11-21(10-15)13-24(14-21)30(26,27)18-8-6-17(7-9-18)29-19(22)23/h6-9,15-16,19H,4-5,10-14H2,1-3H3/t15-,16+. The van der Waals surface area contributed by atoms with Crippen molar-refractivity contribution in [2.75, 3.05) is 26.7 Å². The van der Waals surface area contributed by atoms with Crippen LogP contribution < -0.4 is 4.74 Å². The van der Waals surface area contributed by atoms with Gasteiger partial charge in [-0.3, -0.25) is 4.90 Å². The van der Waals surface area contributed by atoms with E-state index in [1.807, 2.05) is 0 Å². The zero-order valence-electron chi connectivity index (χ0n) is 17.7. The summed E-state index contributed by atoms with van der Waals surface area (Å²) in [5.41, 5.74) is -0.147. The Morgan fingerprint density at radius 1 is 1.13 bits per heavy atom. The number of ether oxygens (including phenoxy) is 2. The van der Waals surface area contributed by atoms with E-state index in [4.69, 9.17) is 4.74 Å². The van der Waals surface area contributed by atoms with Crippen LogP contribution in [0.5, 0.6) is 5.75 Å². The third-order valence-electron chi connectivity index (χ3n) is 6.93. The van der Waals surface area contributed by atoms with Gasteiger partial charge in [-0.05, 0) is 63.8 Å². The fourth-order valence-electron chi connectivity index (χ4n) is 5.37. The van der Waals surface area contributed by atoms with Crippen LogP contribution in [0.2, 0.25) is 0 Å². The Balaban J connectivity index is 1.40. The summed E-state index contributed by atoms with van der Waals surface area (Å²) < 4.78 is 61.9. The van der Waals surface area contributed by atoms with Gasteiger partial charge in [0.25, 0.3) is 0 Å². The maximum absolute atomic E-state index is 13.0. The number of halogens is 2. The molecule has 1 spiro atoms. The Labute approximate surface area is 177 Å². The first-order valence-electron chi connectivity index (χ1n) is 10.4. The van der Waals surface area contributed by atoms with E-state index in [9.17, 15) is 17.2 Å². The predicted octanol–water partition coefficient (Wildman–Crippen LogP) is 3.33. The molecule has 3 fully saturated rings. The number of piperidine rings is 1. The van der Waals surface area contributed by atoms with Gasteiger partial charge in [-0.25, -0.2) is 8.42 Å². The van der Waals surface area contributed by atoms with Crippen molar-refractivity contribution in [2.45, 2.75) is 68.7 Å². The second-order valence-electron chi connectivity index (χ2n) is 9.55. The summed E-state index contributed by atoms with van der Waals surface area (Å²) in [7, 11) is -1.88.